The van der Waals surface area contributed by atoms with Gasteiger partial charge in [-0.15, -0.1) is 5.10 Å². The fourth-order valence-electron chi connectivity index (χ4n) is 5.69. The molecular formula is C29H36N4O3. The van der Waals surface area contributed by atoms with E-state index in [4.69, 9.17) is 4.74 Å². The van der Waals surface area contributed by atoms with Crippen molar-refractivity contribution in [3.63, 3.8) is 0 Å². The predicted molar refractivity (Wildman–Crippen MR) is 137 cm³/mol. The molecule has 3 atom stereocenters. The maximum Gasteiger partial charge on any atom is 0.338 e. The van der Waals surface area contributed by atoms with Crippen molar-refractivity contribution in [1.29, 1.82) is 0 Å². The molecule has 2 aliphatic rings. The first-order chi connectivity index (χ1) is 17.6. The maximum absolute atomic E-state index is 12.3. The van der Waals surface area contributed by atoms with Crippen LogP contribution in [0.15, 0.2) is 60.8 Å². The highest BCUT2D eigenvalue weighted by molar-refractivity contribution is 5.89. The average molecular weight is 489 g/mol. The lowest BCUT2D eigenvalue weighted by Crippen LogP contribution is -2.48. The summed E-state index contributed by atoms with van der Waals surface area (Å²) < 4.78 is 7.18. The monoisotopic (exact) mass is 488 g/mol. The van der Waals surface area contributed by atoms with Gasteiger partial charge in [-0.3, -0.25) is 4.90 Å². The van der Waals surface area contributed by atoms with Gasteiger partial charge >= 0.3 is 5.97 Å². The molecule has 0 spiro atoms. The Labute approximate surface area is 213 Å². The number of aromatic nitrogens is 3. The molecule has 1 N–H and O–H groups in total. The zero-order chi connectivity index (χ0) is 24.9. The van der Waals surface area contributed by atoms with Crippen molar-refractivity contribution in [2.24, 2.45) is 5.92 Å². The quantitative estimate of drug-likeness (QED) is 0.478. The normalized spacial score (nSPS) is 23.4. The van der Waals surface area contributed by atoms with Gasteiger partial charge in [-0.1, -0.05) is 72.5 Å². The van der Waals surface area contributed by atoms with E-state index in [0.717, 1.165) is 13.0 Å². The molecular weight excluding hydrogens is 452 g/mol. The second-order valence-corrected chi connectivity index (χ2v) is 10.4. The number of carbonyl (C=O) groups excluding carboxylic acids is 1. The van der Waals surface area contributed by atoms with Crippen molar-refractivity contribution in [1.82, 2.24) is 19.9 Å². The molecule has 0 radical (unpaired) electrons. The molecule has 1 aliphatic carbocycles. The third kappa shape index (κ3) is 5.85. The summed E-state index contributed by atoms with van der Waals surface area (Å²) in [7, 11) is 0. The highest BCUT2D eigenvalue weighted by Gasteiger charge is 2.38. The first-order valence-electron chi connectivity index (χ1n) is 13.2. The summed E-state index contributed by atoms with van der Waals surface area (Å²) in [5, 5.41) is 19.7. The fraction of sp³-hybridized carbons (Fsp3) is 0.483. The van der Waals surface area contributed by atoms with E-state index in [1.54, 1.807) is 35.1 Å². The SMILES string of the molecule is Cc1ccc(C2CC(n3cc(COC(=O)c4ccccc4)nn3)C(O)CN2CC2CCCCC2)cc1. The largest absolute Gasteiger partial charge is 0.455 e. The molecule has 1 saturated heterocycles. The molecule has 0 amide bonds. The Morgan fingerprint density at radius 1 is 1.06 bits per heavy atom. The lowest BCUT2D eigenvalue weighted by molar-refractivity contribution is -0.0182. The molecule has 190 valence electrons. The minimum absolute atomic E-state index is 0.0474. The average Bonchev–Trinajstić information content (AvgIpc) is 3.38. The van der Waals surface area contributed by atoms with E-state index in [0.29, 0.717) is 23.7 Å². The number of nitrogens with zero attached hydrogens (tertiary/aromatic N) is 4. The molecule has 7 nitrogen and oxygen atoms in total. The molecule has 1 aromatic heterocycles. The van der Waals surface area contributed by atoms with Gasteiger partial charge in [0.15, 0.2) is 0 Å². The smallest absolute Gasteiger partial charge is 0.338 e. The number of likely N-dealkylation sites (tertiary alicyclic amines) is 1. The van der Waals surface area contributed by atoms with Gasteiger partial charge < -0.3 is 9.84 Å². The third-order valence-electron chi connectivity index (χ3n) is 7.71. The predicted octanol–water partition coefficient (Wildman–Crippen LogP) is 4.87. The van der Waals surface area contributed by atoms with Crippen LogP contribution in [0.3, 0.4) is 0 Å². The summed E-state index contributed by atoms with van der Waals surface area (Å²) in [6, 6.07) is 17.7. The van der Waals surface area contributed by atoms with Crippen LogP contribution in [-0.2, 0) is 11.3 Å². The summed E-state index contributed by atoms with van der Waals surface area (Å²) in [5.41, 5.74) is 3.61. The molecule has 2 heterocycles. The Kier molecular flexibility index (Phi) is 7.78. The second-order valence-electron chi connectivity index (χ2n) is 10.4. The van der Waals surface area contributed by atoms with Gasteiger partial charge in [0.25, 0.3) is 0 Å². The van der Waals surface area contributed by atoms with E-state index in [1.165, 1.54) is 43.2 Å². The zero-order valence-electron chi connectivity index (χ0n) is 21.0. The van der Waals surface area contributed by atoms with Gasteiger partial charge in [0.2, 0.25) is 0 Å². The number of aryl methyl sites for hydroxylation is 1. The van der Waals surface area contributed by atoms with Gasteiger partial charge in [-0.2, -0.15) is 0 Å². The molecule has 1 saturated carbocycles. The molecule has 0 bridgehead atoms. The lowest BCUT2D eigenvalue weighted by Gasteiger charge is -2.44. The van der Waals surface area contributed by atoms with Crippen LogP contribution < -0.4 is 0 Å². The van der Waals surface area contributed by atoms with Gasteiger partial charge in [-0.25, -0.2) is 9.48 Å². The van der Waals surface area contributed by atoms with Crippen LogP contribution in [0.4, 0.5) is 0 Å². The summed E-state index contributed by atoms with van der Waals surface area (Å²) in [6.45, 7) is 3.79. The van der Waals surface area contributed by atoms with Crippen LogP contribution in [0.5, 0.6) is 0 Å². The Balaban J connectivity index is 1.29. The highest BCUT2D eigenvalue weighted by atomic mass is 16.5. The number of carbonyl (C=O) groups is 1. The van der Waals surface area contributed by atoms with Crippen molar-refractivity contribution in [2.75, 3.05) is 13.1 Å². The maximum atomic E-state index is 12.3. The number of rotatable bonds is 7. The number of esters is 1. The van der Waals surface area contributed by atoms with Gasteiger partial charge in [0.05, 0.1) is 23.9 Å². The van der Waals surface area contributed by atoms with Gasteiger partial charge in [0.1, 0.15) is 12.3 Å². The summed E-state index contributed by atoms with van der Waals surface area (Å²) >= 11 is 0. The number of β-amino-alcohol motifs (C(OH)–C–C–N with tert-alkyl or cyclic N) is 1. The highest BCUT2D eigenvalue weighted by Crippen LogP contribution is 2.38. The number of aliphatic hydroxyl groups is 1. The molecule has 7 heteroatoms. The minimum Gasteiger partial charge on any atom is -0.455 e. The first-order valence-corrected chi connectivity index (χ1v) is 13.2. The van der Waals surface area contributed by atoms with Gasteiger partial charge in [-0.05, 0) is 49.8 Å². The van der Waals surface area contributed by atoms with Crippen molar-refractivity contribution in [2.45, 2.75) is 70.2 Å². The van der Waals surface area contributed by atoms with Crippen LogP contribution in [0.25, 0.3) is 0 Å². The number of ether oxygens (including phenoxy) is 1. The minimum atomic E-state index is -0.545. The van der Waals surface area contributed by atoms with Crippen molar-refractivity contribution in [3.8, 4) is 0 Å². The molecule has 36 heavy (non-hydrogen) atoms. The number of benzene rings is 2. The van der Waals surface area contributed by atoms with Crippen molar-refractivity contribution >= 4 is 5.97 Å². The van der Waals surface area contributed by atoms with E-state index < -0.39 is 6.10 Å². The van der Waals surface area contributed by atoms with Crippen molar-refractivity contribution in [3.05, 3.63) is 83.2 Å². The third-order valence-corrected chi connectivity index (χ3v) is 7.71. The van der Waals surface area contributed by atoms with E-state index in [-0.39, 0.29) is 24.7 Å². The van der Waals surface area contributed by atoms with E-state index in [1.807, 2.05) is 6.07 Å². The van der Waals surface area contributed by atoms with E-state index in [9.17, 15) is 9.90 Å². The van der Waals surface area contributed by atoms with Crippen LogP contribution in [-0.4, -0.2) is 50.2 Å². The van der Waals surface area contributed by atoms with Crippen LogP contribution >= 0.6 is 0 Å². The topological polar surface area (TPSA) is 80.5 Å². The molecule has 1 aliphatic heterocycles. The Morgan fingerprint density at radius 3 is 2.56 bits per heavy atom. The molecule has 5 rings (SSSR count). The Hall–Kier alpha value is -3.03. The summed E-state index contributed by atoms with van der Waals surface area (Å²) in [4.78, 5) is 14.8. The molecule has 3 unspecified atom stereocenters. The fourth-order valence-corrected chi connectivity index (χ4v) is 5.69. The molecule has 2 aromatic carbocycles. The van der Waals surface area contributed by atoms with Crippen molar-refractivity contribution < 1.29 is 14.6 Å². The van der Waals surface area contributed by atoms with Crippen LogP contribution in [0.1, 0.15) is 77.8 Å². The number of aliphatic hydroxyl groups excluding tert-OH is 1. The Morgan fingerprint density at radius 2 is 1.81 bits per heavy atom. The van der Waals surface area contributed by atoms with E-state index >= 15 is 0 Å². The summed E-state index contributed by atoms with van der Waals surface area (Å²) in [5.74, 6) is 0.313. The Bertz CT molecular complexity index is 1120. The van der Waals surface area contributed by atoms with E-state index in [2.05, 4.69) is 46.4 Å². The van der Waals surface area contributed by atoms with Crippen LogP contribution in [0.2, 0.25) is 0 Å². The number of hydrogen-bond acceptors (Lipinski definition) is 6. The standard InChI is InChI=1S/C29H36N4O3/c1-21-12-14-23(15-13-21)26-16-27(28(34)19-32(26)17-22-8-4-2-5-9-22)33-18-25(30-31-33)20-36-29(35)24-10-6-3-7-11-24/h3,6-7,10-15,18,22,26-28,34H,2,4-5,8-9,16-17,19-20H2,1H3. The molecule has 2 fully saturated rings. The van der Waals surface area contributed by atoms with Crippen LogP contribution in [0, 0.1) is 12.8 Å². The lowest BCUT2D eigenvalue weighted by atomic mass is 9.85. The number of hydrogen-bond donors (Lipinski definition) is 1. The zero-order valence-corrected chi connectivity index (χ0v) is 21.0. The number of piperidine rings is 1. The van der Waals surface area contributed by atoms with Gasteiger partial charge in [0, 0.05) is 19.1 Å². The first kappa shape index (κ1) is 24.7. The second kappa shape index (κ2) is 11.4. The molecule has 3 aromatic rings. The summed E-state index contributed by atoms with van der Waals surface area (Å²) in [6.07, 6.45) is 8.55.